The van der Waals surface area contributed by atoms with Gasteiger partial charge in [-0.1, -0.05) is 60.7 Å². The molecule has 1 aromatic heterocycles. The van der Waals surface area contributed by atoms with Crippen LogP contribution in [0.25, 0.3) is 11.0 Å². The normalized spacial score (nSPS) is 16.1. The van der Waals surface area contributed by atoms with Gasteiger partial charge in [0.15, 0.2) is 0 Å². The summed E-state index contributed by atoms with van der Waals surface area (Å²) < 4.78 is 8.31. The first-order chi connectivity index (χ1) is 15.7. The Kier molecular flexibility index (Phi) is 5.63. The first-order valence-electron chi connectivity index (χ1n) is 11.1. The standard InChI is InChI=1S/C27H27N3O2/c1-20-9-5-8-14-25(20)32-16-15-30-24-13-7-6-12-23(24)28-27(30)22-17-26(31)29(19-22)18-21-10-3-2-4-11-21/h2-14,22H,15-19H2,1H3/t22-/m1/s1. The van der Waals surface area contributed by atoms with Crippen LogP contribution in [0.15, 0.2) is 78.9 Å². The fraction of sp³-hybridized carbons (Fsp3) is 0.259. The van der Waals surface area contributed by atoms with Crippen LogP contribution in [0, 0.1) is 6.92 Å². The van der Waals surface area contributed by atoms with Crippen molar-refractivity contribution in [3.63, 3.8) is 0 Å². The second-order valence-corrected chi connectivity index (χ2v) is 8.39. The molecular weight excluding hydrogens is 398 g/mol. The molecule has 5 rings (SSSR count). The Bertz CT molecular complexity index is 1230. The summed E-state index contributed by atoms with van der Waals surface area (Å²) in [6, 6.07) is 26.4. The van der Waals surface area contributed by atoms with Crippen molar-refractivity contribution in [2.75, 3.05) is 13.2 Å². The number of aromatic nitrogens is 2. The molecule has 2 heterocycles. The lowest BCUT2D eigenvalue weighted by atomic mass is 10.1. The highest BCUT2D eigenvalue weighted by Gasteiger charge is 2.33. The van der Waals surface area contributed by atoms with E-state index in [1.165, 1.54) is 0 Å². The van der Waals surface area contributed by atoms with Gasteiger partial charge >= 0.3 is 0 Å². The number of aryl methyl sites for hydroxylation is 1. The highest BCUT2D eigenvalue weighted by Crippen LogP contribution is 2.31. The van der Waals surface area contributed by atoms with E-state index in [9.17, 15) is 4.79 Å². The van der Waals surface area contributed by atoms with Crippen LogP contribution in [-0.4, -0.2) is 33.5 Å². The molecule has 0 radical (unpaired) electrons. The van der Waals surface area contributed by atoms with Crippen LogP contribution in [0.5, 0.6) is 5.75 Å². The van der Waals surface area contributed by atoms with Gasteiger partial charge in [0.2, 0.25) is 5.91 Å². The maximum atomic E-state index is 12.8. The second-order valence-electron chi connectivity index (χ2n) is 8.39. The summed E-state index contributed by atoms with van der Waals surface area (Å²) in [6.07, 6.45) is 0.495. The quantitative estimate of drug-likeness (QED) is 0.421. The van der Waals surface area contributed by atoms with Crippen LogP contribution < -0.4 is 4.74 Å². The number of fused-ring (bicyclic) bond motifs is 1. The van der Waals surface area contributed by atoms with E-state index in [4.69, 9.17) is 9.72 Å². The summed E-state index contributed by atoms with van der Waals surface area (Å²) in [5.74, 6) is 2.15. The number of likely N-dealkylation sites (tertiary alicyclic amines) is 1. The summed E-state index contributed by atoms with van der Waals surface area (Å²) in [5.41, 5.74) is 4.33. The number of nitrogens with zero attached hydrogens (tertiary/aromatic N) is 3. The van der Waals surface area contributed by atoms with Crippen molar-refractivity contribution in [1.29, 1.82) is 0 Å². The number of benzene rings is 3. The van der Waals surface area contributed by atoms with Gasteiger partial charge in [0.05, 0.1) is 17.6 Å². The molecule has 5 heteroatoms. The van der Waals surface area contributed by atoms with Gasteiger partial charge in [0, 0.05) is 25.4 Å². The van der Waals surface area contributed by atoms with Gasteiger partial charge in [-0.2, -0.15) is 0 Å². The van der Waals surface area contributed by atoms with Crippen LogP contribution in [0.3, 0.4) is 0 Å². The molecule has 0 N–H and O–H groups in total. The first kappa shape index (κ1) is 20.3. The highest BCUT2D eigenvalue weighted by atomic mass is 16.5. The lowest BCUT2D eigenvalue weighted by molar-refractivity contribution is -0.128. The number of carbonyl (C=O) groups excluding carboxylic acids is 1. The lowest BCUT2D eigenvalue weighted by Crippen LogP contribution is -2.24. The minimum absolute atomic E-state index is 0.0806. The Labute approximate surface area is 188 Å². The van der Waals surface area contributed by atoms with E-state index in [1.807, 2.05) is 59.5 Å². The van der Waals surface area contributed by atoms with E-state index >= 15 is 0 Å². The molecule has 1 atom stereocenters. The Morgan fingerprint density at radius 3 is 2.56 bits per heavy atom. The molecule has 0 unspecified atom stereocenters. The molecule has 0 spiro atoms. The molecule has 1 fully saturated rings. The number of hydrogen-bond acceptors (Lipinski definition) is 3. The smallest absolute Gasteiger partial charge is 0.223 e. The molecular formula is C27H27N3O2. The highest BCUT2D eigenvalue weighted by molar-refractivity contribution is 5.81. The van der Waals surface area contributed by atoms with Crippen molar-refractivity contribution in [2.45, 2.75) is 32.4 Å². The minimum atomic E-state index is 0.0806. The molecule has 4 aromatic rings. The summed E-state index contributed by atoms with van der Waals surface area (Å²) in [6.45, 7) is 4.63. The molecule has 0 aliphatic carbocycles. The van der Waals surface area contributed by atoms with Crippen molar-refractivity contribution < 1.29 is 9.53 Å². The molecule has 5 nitrogen and oxygen atoms in total. The topological polar surface area (TPSA) is 47.4 Å². The van der Waals surface area contributed by atoms with E-state index in [1.54, 1.807) is 0 Å². The summed E-state index contributed by atoms with van der Waals surface area (Å²) in [4.78, 5) is 19.7. The molecule has 0 bridgehead atoms. The SMILES string of the molecule is Cc1ccccc1OCCn1c([C@@H]2CC(=O)N(Cc3ccccc3)C2)nc2ccccc21. The first-order valence-corrected chi connectivity index (χ1v) is 11.1. The number of imidazole rings is 1. The third-order valence-electron chi connectivity index (χ3n) is 6.15. The molecule has 162 valence electrons. The fourth-order valence-corrected chi connectivity index (χ4v) is 4.51. The molecule has 1 amide bonds. The van der Waals surface area contributed by atoms with E-state index in [0.717, 1.165) is 33.7 Å². The van der Waals surface area contributed by atoms with Gasteiger partial charge in [-0.15, -0.1) is 0 Å². The van der Waals surface area contributed by atoms with Crippen molar-refractivity contribution in [3.8, 4) is 5.75 Å². The number of rotatable bonds is 7. The fourth-order valence-electron chi connectivity index (χ4n) is 4.51. The minimum Gasteiger partial charge on any atom is -0.491 e. The lowest BCUT2D eigenvalue weighted by Gasteiger charge is -2.18. The predicted octanol–water partition coefficient (Wildman–Crippen LogP) is 4.94. The van der Waals surface area contributed by atoms with Crippen LogP contribution in [0.4, 0.5) is 0 Å². The average molecular weight is 426 g/mol. The van der Waals surface area contributed by atoms with Gasteiger partial charge < -0.3 is 14.2 Å². The zero-order valence-electron chi connectivity index (χ0n) is 18.3. The second kappa shape index (κ2) is 8.87. The zero-order valence-corrected chi connectivity index (χ0v) is 18.3. The van der Waals surface area contributed by atoms with Crippen molar-refractivity contribution in [1.82, 2.24) is 14.5 Å². The van der Waals surface area contributed by atoms with Crippen molar-refractivity contribution in [3.05, 3.63) is 95.8 Å². The summed E-state index contributed by atoms with van der Waals surface area (Å²) >= 11 is 0. The molecule has 3 aromatic carbocycles. The van der Waals surface area contributed by atoms with E-state index < -0.39 is 0 Å². The zero-order chi connectivity index (χ0) is 21.9. The van der Waals surface area contributed by atoms with Crippen LogP contribution in [-0.2, 0) is 17.9 Å². The number of carbonyl (C=O) groups is 1. The van der Waals surface area contributed by atoms with Gasteiger partial charge in [-0.25, -0.2) is 4.98 Å². The van der Waals surface area contributed by atoms with Gasteiger partial charge in [-0.05, 0) is 36.2 Å². The average Bonchev–Trinajstić information content (AvgIpc) is 3.36. The molecule has 32 heavy (non-hydrogen) atoms. The van der Waals surface area contributed by atoms with E-state index in [0.29, 0.717) is 32.7 Å². The molecule has 1 saturated heterocycles. The molecule has 1 aliphatic heterocycles. The van der Waals surface area contributed by atoms with Crippen LogP contribution in [0.2, 0.25) is 0 Å². The maximum absolute atomic E-state index is 12.8. The third kappa shape index (κ3) is 4.11. The number of ether oxygens (including phenoxy) is 1. The Hall–Kier alpha value is -3.60. The Morgan fingerprint density at radius 1 is 0.969 bits per heavy atom. The number of amides is 1. The van der Waals surface area contributed by atoms with Crippen molar-refractivity contribution in [2.24, 2.45) is 0 Å². The van der Waals surface area contributed by atoms with Gasteiger partial charge in [-0.3, -0.25) is 4.79 Å². The Morgan fingerprint density at radius 2 is 1.72 bits per heavy atom. The van der Waals surface area contributed by atoms with Crippen molar-refractivity contribution >= 4 is 16.9 Å². The third-order valence-corrected chi connectivity index (χ3v) is 6.15. The number of para-hydroxylation sites is 3. The molecule has 1 aliphatic rings. The van der Waals surface area contributed by atoms with Crippen LogP contribution in [0.1, 0.15) is 29.3 Å². The monoisotopic (exact) mass is 425 g/mol. The van der Waals surface area contributed by atoms with E-state index in [-0.39, 0.29) is 11.8 Å². The van der Waals surface area contributed by atoms with E-state index in [2.05, 4.69) is 35.8 Å². The predicted molar refractivity (Wildman–Crippen MR) is 126 cm³/mol. The largest absolute Gasteiger partial charge is 0.491 e. The summed E-state index contributed by atoms with van der Waals surface area (Å²) in [7, 11) is 0. The summed E-state index contributed by atoms with van der Waals surface area (Å²) in [5, 5.41) is 0. The van der Waals surface area contributed by atoms with Crippen LogP contribution >= 0.6 is 0 Å². The Balaban J connectivity index is 1.37. The van der Waals surface area contributed by atoms with Gasteiger partial charge in [0.1, 0.15) is 18.2 Å². The number of hydrogen-bond donors (Lipinski definition) is 0. The van der Waals surface area contributed by atoms with Gasteiger partial charge in [0.25, 0.3) is 0 Å². The molecule has 0 saturated carbocycles. The maximum Gasteiger partial charge on any atom is 0.223 e.